The Kier molecular flexibility index (Phi) is 7.37. The summed E-state index contributed by atoms with van der Waals surface area (Å²) in [6, 6.07) is 27.7. The van der Waals surface area contributed by atoms with Crippen molar-refractivity contribution in [3.8, 4) is 0 Å². The molecule has 0 fully saturated rings. The van der Waals surface area contributed by atoms with Crippen LogP contribution in [-0.4, -0.2) is 0 Å². The van der Waals surface area contributed by atoms with Crippen molar-refractivity contribution in [1.29, 1.82) is 0 Å². The average Bonchev–Trinajstić information content (AvgIpc) is 2.95. The second-order valence-electron chi connectivity index (χ2n) is 10.3. The average molecular weight is 577 g/mol. The molecule has 6 heteroatoms. The maximum absolute atomic E-state index is 13.6. The molecule has 0 saturated heterocycles. The first-order valence-electron chi connectivity index (χ1n) is 13.4. The molecule has 0 atom stereocenters. The van der Waals surface area contributed by atoms with Crippen LogP contribution in [0.2, 0.25) is 0 Å². The highest BCUT2D eigenvalue weighted by Crippen LogP contribution is 2.41. The first-order chi connectivity index (χ1) is 19.8. The van der Waals surface area contributed by atoms with Gasteiger partial charge in [-0.1, -0.05) is 84.2 Å². The van der Waals surface area contributed by atoms with E-state index in [4.69, 9.17) is 8.83 Å². The molecule has 0 spiro atoms. The monoisotopic (exact) mass is 576 g/mol. The highest BCUT2D eigenvalue weighted by atomic mass is 32.2. The fourth-order valence-corrected chi connectivity index (χ4v) is 7.39. The van der Waals surface area contributed by atoms with Crippen molar-refractivity contribution in [3.05, 3.63) is 139 Å². The van der Waals surface area contributed by atoms with Crippen LogP contribution >= 0.6 is 23.5 Å². The van der Waals surface area contributed by atoms with Gasteiger partial charge in [0.1, 0.15) is 11.2 Å². The molecular weight excluding hydrogens is 549 g/mol. The summed E-state index contributed by atoms with van der Waals surface area (Å²) in [5.74, 6) is 0. The molecule has 0 aliphatic heterocycles. The van der Waals surface area contributed by atoms with Crippen molar-refractivity contribution < 1.29 is 8.83 Å². The van der Waals surface area contributed by atoms with Crippen molar-refractivity contribution in [2.75, 3.05) is 0 Å². The van der Waals surface area contributed by atoms with Crippen LogP contribution in [0.5, 0.6) is 0 Å². The highest BCUT2D eigenvalue weighted by molar-refractivity contribution is 8.00. The number of fused-ring (bicyclic) bond motifs is 2. The molecule has 0 N–H and O–H groups in total. The zero-order valence-corrected chi connectivity index (χ0v) is 24.9. The van der Waals surface area contributed by atoms with E-state index in [1.165, 1.54) is 0 Å². The molecule has 0 aliphatic carbocycles. The topological polar surface area (TPSA) is 60.4 Å². The van der Waals surface area contributed by atoms with Gasteiger partial charge in [0, 0.05) is 36.8 Å². The van der Waals surface area contributed by atoms with E-state index in [-0.39, 0.29) is 6.42 Å². The van der Waals surface area contributed by atoms with Gasteiger partial charge in [0.25, 0.3) is 0 Å². The number of para-hydroxylation sites is 2. The van der Waals surface area contributed by atoms with Crippen LogP contribution in [0.1, 0.15) is 33.4 Å². The number of hydrogen-bond donors (Lipinski definition) is 0. The summed E-state index contributed by atoms with van der Waals surface area (Å²) >= 11 is 3.08. The predicted octanol–water partition coefficient (Wildman–Crippen LogP) is 9.03. The van der Waals surface area contributed by atoms with Crippen LogP contribution in [0.4, 0.5) is 0 Å². The molecule has 0 bridgehead atoms. The van der Waals surface area contributed by atoms with Crippen LogP contribution in [0.3, 0.4) is 0 Å². The zero-order chi connectivity index (χ0) is 28.7. The first kappa shape index (κ1) is 27.2. The van der Waals surface area contributed by atoms with E-state index in [0.29, 0.717) is 22.3 Å². The minimum atomic E-state index is -0.452. The van der Waals surface area contributed by atoms with Gasteiger partial charge in [0.2, 0.25) is 0 Å². The van der Waals surface area contributed by atoms with E-state index in [9.17, 15) is 9.59 Å². The summed E-state index contributed by atoms with van der Waals surface area (Å²) in [6.07, 6.45) is 0.0841. The maximum Gasteiger partial charge on any atom is 0.340 e. The second-order valence-corrected chi connectivity index (χ2v) is 12.4. The fraction of sp³-hybridized carbons (Fsp3) is 0.143. The van der Waals surface area contributed by atoms with Crippen LogP contribution in [0.15, 0.2) is 123 Å². The van der Waals surface area contributed by atoms with E-state index in [2.05, 4.69) is 64.1 Å². The van der Waals surface area contributed by atoms with Crippen molar-refractivity contribution in [2.24, 2.45) is 0 Å². The third kappa shape index (κ3) is 5.37. The number of rotatable bonds is 6. The standard InChI is InChI=1S/C35H28O4S2/c1-20-13-15-22(3)30(17-20)40-32-24-9-5-7-11-28(24)38-34(36)26(32)19-27-33(41-31-18-21(2)14-16-23(31)4)25-10-6-8-12-29(25)39-35(27)37/h5-18H,19H2,1-4H3. The molecule has 0 saturated carbocycles. The number of benzene rings is 4. The molecule has 204 valence electrons. The molecular formula is C35H28O4S2. The molecule has 41 heavy (non-hydrogen) atoms. The Morgan fingerprint density at radius 2 is 0.976 bits per heavy atom. The smallest absolute Gasteiger partial charge is 0.340 e. The Bertz CT molecular complexity index is 1920. The lowest BCUT2D eigenvalue weighted by atomic mass is 10.0. The fourth-order valence-electron chi connectivity index (χ4n) is 4.89. The summed E-state index contributed by atoms with van der Waals surface area (Å²) < 4.78 is 11.6. The van der Waals surface area contributed by atoms with Gasteiger partial charge in [-0.05, 0) is 74.2 Å². The van der Waals surface area contributed by atoms with Gasteiger partial charge in [-0.15, -0.1) is 0 Å². The molecule has 2 aromatic heterocycles. The molecule has 0 unspecified atom stereocenters. The zero-order valence-electron chi connectivity index (χ0n) is 23.2. The summed E-state index contributed by atoms with van der Waals surface area (Å²) in [5, 5.41) is 1.67. The van der Waals surface area contributed by atoms with Gasteiger partial charge in [-0.25, -0.2) is 9.59 Å². The Morgan fingerprint density at radius 1 is 0.561 bits per heavy atom. The molecule has 4 aromatic carbocycles. The lowest BCUT2D eigenvalue weighted by molar-refractivity contribution is 0.536. The van der Waals surface area contributed by atoms with E-state index < -0.39 is 11.3 Å². The van der Waals surface area contributed by atoms with Crippen LogP contribution in [-0.2, 0) is 6.42 Å². The summed E-state index contributed by atoms with van der Waals surface area (Å²) in [6.45, 7) is 8.23. The van der Waals surface area contributed by atoms with Gasteiger partial charge in [-0.2, -0.15) is 0 Å². The molecule has 0 aliphatic rings. The van der Waals surface area contributed by atoms with Crippen molar-refractivity contribution in [3.63, 3.8) is 0 Å². The van der Waals surface area contributed by atoms with Crippen molar-refractivity contribution in [2.45, 2.75) is 53.7 Å². The van der Waals surface area contributed by atoms with Gasteiger partial charge in [-0.3, -0.25) is 0 Å². The lowest BCUT2D eigenvalue weighted by Crippen LogP contribution is -2.16. The Balaban J connectivity index is 1.58. The number of hydrogen-bond acceptors (Lipinski definition) is 6. The van der Waals surface area contributed by atoms with E-state index in [1.54, 1.807) is 35.7 Å². The predicted molar refractivity (Wildman–Crippen MR) is 168 cm³/mol. The molecule has 0 radical (unpaired) electrons. The van der Waals surface area contributed by atoms with E-state index in [0.717, 1.165) is 52.6 Å². The van der Waals surface area contributed by atoms with Crippen LogP contribution < -0.4 is 11.3 Å². The highest BCUT2D eigenvalue weighted by Gasteiger charge is 2.23. The quantitative estimate of drug-likeness (QED) is 0.184. The minimum Gasteiger partial charge on any atom is -0.422 e. The SMILES string of the molecule is Cc1ccc(C)c(Sc2c(Cc3c(Sc4cc(C)ccc4C)c4ccccc4oc3=O)c(=O)oc3ccccc23)c1. The Labute approximate surface area is 246 Å². The first-order valence-corrected chi connectivity index (χ1v) is 15.0. The van der Waals surface area contributed by atoms with Gasteiger partial charge in [0.15, 0.2) is 0 Å². The molecule has 0 amide bonds. The van der Waals surface area contributed by atoms with Crippen LogP contribution in [0, 0.1) is 27.7 Å². The second kappa shape index (κ2) is 11.1. The lowest BCUT2D eigenvalue weighted by Gasteiger charge is -2.16. The number of aryl methyl sites for hydroxylation is 4. The molecule has 6 rings (SSSR count). The van der Waals surface area contributed by atoms with Gasteiger partial charge >= 0.3 is 11.3 Å². The molecule has 2 heterocycles. The summed E-state index contributed by atoms with van der Waals surface area (Å²) in [7, 11) is 0. The molecule has 6 aromatic rings. The van der Waals surface area contributed by atoms with Crippen molar-refractivity contribution in [1.82, 2.24) is 0 Å². The Hall–Kier alpha value is -4.00. The summed E-state index contributed by atoms with van der Waals surface area (Å²) in [4.78, 5) is 30.9. The van der Waals surface area contributed by atoms with E-state index >= 15 is 0 Å². The Morgan fingerprint density at radius 3 is 1.41 bits per heavy atom. The van der Waals surface area contributed by atoms with E-state index in [1.807, 2.05) is 36.4 Å². The maximum atomic E-state index is 13.6. The largest absolute Gasteiger partial charge is 0.422 e. The summed E-state index contributed by atoms with van der Waals surface area (Å²) in [5.41, 5.74) is 5.51. The van der Waals surface area contributed by atoms with Gasteiger partial charge < -0.3 is 8.83 Å². The normalized spacial score (nSPS) is 11.4. The van der Waals surface area contributed by atoms with Crippen molar-refractivity contribution >= 4 is 45.5 Å². The van der Waals surface area contributed by atoms with Crippen LogP contribution in [0.25, 0.3) is 21.9 Å². The third-order valence-corrected chi connectivity index (χ3v) is 9.83. The molecule has 4 nitrogen and oxygen atoms in total. The third-order valence-electron chi connectivity index (χ3n) is 7.17. The van der Waals surface area contributed by atoms with Gasteiger partial charge in [0.05, 0.1) is 11.1 Å². The minimum absolute atomic E-state index is 0.0841.